The Morgan fingerprint density at radius 2 is 2.58 bits per heavy atom. The van der Waals surface area contributed by atoms with Crippen molar-refractivity contribution >= 4 is 15.9 Å². The molecule has 0 aliphatic rings. The van der Waals surface area contributed by atoms with Crippen LogP contribution in [0.4, 0.5) is 0 Å². The molecule has 0 unspecified atom stereocenters. The molecule has 2 N–H and O–H groups in total. The fourth-order valence-electron chi connectivity index (χ4n) is 0.760. The van der Waals surface area contributed by atoms with Gasteiger partial charge < -0.3 is 10.5 Å². The first-order valence-electron chi connectivity index (χ1n) is 5.74. The predicted molar refractivity (Wildman–Crippen MR) is 53.5 cm³/mol. The summed E-state index contributed by atoms with van der Waals surface area (Å²) < 4.78 is 43.1. The lowest BCUT2D eigenvalue weighted by atomic mass is 10.1. The number of halogens is 1. The van der Waals surface area contributed by atoms with Crippen LogP contribution in [0.15, 0.2) is 22.6 Å². The van der Waals surface area contributed by atoms with E-state index in [4.69, 9.17) is 17.3 Å². The number of benzene rings is 1. The van der Waals surface area contributed by atoms with Gasteiger partial charge in [0.1, 0.15) is 5.75 Å². The maximum absolute atomic E-state index is 7.68. The molecule has 0 fully saturated rings. The molecule has 0 saturated heterocycles. The maximum Gasteiger partial charge on any atom is 0.133 e. The molecule has 0 aliphatic heterocycles. The Bertz CT molecular complexity index is 432. The van der Waals surface area contributed by atoms with E-state index in [9.17, 15) is 0 Å². The van der Waals surface area contributed by atoms with Crippen LogP contribution in [0.2, 0.25) is 0 Å². The average molecular weight is 235 g/mol. The highest BCUT2D eigenvalue weighted by molar-refractivity contribution is 9.10. The minimum absolute atomic E-state index is 0.142. The summed E-state index contributed by atoms with van der Waals surface area (Å²) in [4.78, 5) is 0. The minimum Gasteiger partial charge on any atom is -0.496 e. The summed E-state index contributed by atoms with van der Waals surface area (Å²) in [6.45, 7) is -2.58. The summed E-state index contributed by atoms with van der Waals surface area (Å²) in [5.74, 6) is 0.323. The van der Waals surface area contributed by atoms with Crippen molar-refractivity contribution in [2.45, 2.75) is 6.37 Å². The zero-order valence-corrected chi connectivity index (χ0v) is 8.10. The van der Waals surface area contributed by atoms with Gasteiger partial charge in [0.25, 0.3) is 0 Å². The molecule has 0 heterocycles. The third-order valence-electron chi connectivity index (χ3n) is 1.29. The van der Waals surface area contributed by atoms with E-state index in [0.29, 0.717) is 10.2 Å². The van der Waals surface area contributed by atoms with E-state index >= 15 is 0 Å². The van der Waals surface area contributed by atoms with E-state index in [1.807, 2.05) is 0 Å². The molecular weight excluding hydrogens is 218 g/mol. The van der Waals surface area contributed by atoms with Gasteiger partial charge >= 0.3 is 0 Å². The lowest BCUT2D eigenvalue weighted by Gasteiger charge is -2.05. The smallest absolute Gasteiger partial charge is 0.133 e. The summed E-state index contributed by atoms with van der Waals surface area (Å²) in [5.41, 5.74) is 5.02. The van der Waals surface area contributed by atoms with E-state index < -0.39 is 12.9 Å². The third-order valence-corrected chi connectivity index (χ3v) is 1.91. The molecule has 66 valence electrons. The highest BCUT2D eigenvalue weighted by Crippen LogP contribution is 2.25. The van der Waals surface area contributed by atoms with E-state index in [0.717, 1.165) is 0 Å². The Hall–Kier alpha value is -0.540. The quantitative estimate of drug-likeness (QED) is 0.869. The number of rotatable bonds is 3. The molecule has 0 saturated carbocycles. The standard InChI is InChI=1S/C9H12BrNO/c1-12-9-6-7(4-5-11)2-3-8(9)10/h2-3,6H,4-5,11H2,1H3/i2D,4D2,5D2. The monoisotopic (exact) mass is 234 g/mol. The first kappa shape index (κ1) is 4.63. The lowest BCUT2D eigenvalue weighted by molar-refractivity contribution is 0.411. The van der Waals surface area contributed by atoms with Crippen LogP contribution >= 0.6 is 15.9 Å². The number of aryl methyl sites for hydroxylation is 1. The largest absolute Gasteiger partial charge is 0.496 e. The molecule has 1 rings (SSSR count). The van der Waals surface area contributed by atoms with Crippen molar-refractivity contribution in [3.8, 4) is 5.75 Å². The van der Waals surface area contributed by atoms with Crippen LogP contribution < -0.4 is 10.5 Å². The van der Waals surface area contributed by atoms with Crippen molar-refractivity contribution in [2.24, 2.45) is 5.73 Å². The molecule has 0 aromatic heterocycles. The maximum atomic E-state index is 7.68. The van der Waals surface area contributed by atoms with Crippen molar-refractivity contribution in [1.29, 1.82) is 0 Å². The van der Waals surface area contributed by atoms with Gasteiger partial charge in [0.2, 0.25) is 0 Å². The normalized spacial score (nSPS) is 18.4. The van der Waals surface area contributed by atoms with E-state index in [1.54, 1.807) is 0 Å². The van der Waals surface area contributed by atoms with E-state index in [-0.39, 0.29) is 11.6 Å². The molecule has 0 radical (unpaired) electrons. The second kappa shape index (κ2) is 4.48. The molecule has 2 nitrogen and oxygen atoms in total. The summed E-state index contributed by atoms with van der Waals surface area (Å²) in [7, 11) is 1.40. The summed E-state index contributed by atoms with van der Waals surface area (Å²) in [5, 5.41) is 0. The van der Waals surface area contributed by atoms with Crippen LogP contribution in [0.3, 0.4) is 0 Å². The van der Waals surface area contributed by atoms with Gasteiger partial charge in [-0.05, 0) is 46.5 Å². The van der Waals surface area contributed by atoms with Crippen LogP contribution in [-0.4, -0.2) is 13.6 Å². The Labute approximate surface area is 87.9 Å². The number of hydrogen-bond acceptors (Lipinski definition) is 2. The van der Waals surface area contributed by atoms with Gasteiger partial charge in [-0.1, -0.05) is 6.04 Å². The summed E-state index contributed by atoms with van der Waals surface area (Å²) >= 11 is 3.17. The Balaban J connectivity index is 3.41. The van der Waals surface area contributed by atoms with Gasteiger partial charge in [-0.2, -0.15) is 0 Å². The zero-order chi connectivity index (χ0) is 13.4. The van der Waals surface area contributed by atoms with Crippen LogP contribution in [0.5, 0.6) is 5.75 Å². The van der Waals surface area contributed by atoms with Crippen LogP contribution in [0, 0.1) is 0 Å². The SMILES string of the molecule is [2H]c1cc(Br)c(OC)cc1C([2H])([2H])C([2H])([2H])N. The van der Waals surface area contributed by atoms with E-state index in [1.165, 1.54) is 19.2 Å². The fraction of sp³-hybridized carbons (Fsp3) is 0.333. The second-order valence-corrected chi connectivity index (χ2v) is 2.89. The first-order chi connectivity index (χ1) is 7.61. The van der Waals surface area contributed by atoms with Gasteiger partial charge in [-0.3, -0.25) is 0 Å². The molecule has 0 spiro atoms. The molecule has 1 aromatic carbocycles. The van der Waals surface area contributed by atoms with Crippen LogP contribution in [-0.2, 0) is 6.37 Å². The highest BCUT2D eigenvalue weighted by Gasteiger charge is 1.99. The summed E-state index contributed by atoms with van der Waals surface area (Å²) in [6, 6.07) is 2.48. The topological polar surface area (TPSA) is 35.2 Å². The van der Waals surface area contributed by atoms with Crippen molar-refractivity contribution in [1.82, 2.24) is 0 Å². The van der Waals surface area contributed by atoms with Crippen molar-refractivity contribution in [2.75, 3.05) is 13.6 Å². The first-order valence-corrected chi connectivity index (χ1v) is 4.04. The Morgan fingerprint density at radius 3 is 3.17 bits per heavy atom. The molecule has 12 heavy (non-hydrogen) atoms. The van der Waals surface area contributed by atoms with Crippen LogP contribution in [0.25, 0.3) is 0 Å². The highest BCUT2D eigenvalue weighted by atomic mass is 79.9. The molecule has 0 atom stereocenters. The number of methoxy groups -OCH3 is 1. The molecule has 0 amide bonds. The Morgan fingerprint density at radius 1 is 1.83 bits per heavy atom. The Kier molecular flexibility index (Phi) is 1.73. The molecule has 3 heteroatoms. The number of hydrogen-bond donors (Lipinski definition) is 1. The van der Waals surface area contributed by atoms with Crippen molar-refractivity contribution in [3.63, 3.8) is 0 Å². The van der Waals surface area contributed by atoms with Gasteiger partial charge in [0.15, 0.2) is 0 Å². The number of nitrogens with two attached hydrogens (primary N) is 1. The molecular formula is C9H12BrNO. The molecule has 0 bridgehead atoms. The van der Waals surface area contributed by atoms with Crippen molar-refractivity contribution < 1.29 is 11.6 Å². The summed E-state index contributed by atoms with van der Waals surface area (Å²) in [6.07, 6.45) is -2.47. The number of ether oxygens (including phenoxy) is 1. The van der Waals surface area contributed by atoms with Crippen LogP contribution in [0.1, 0.15) is 12.4 Å². The van der Waals surface area contributed by atoms with Gasteiger partial charge in [-0.15, -0.1) is 0 Å². The molecule has 1 aromatic rings. The van der Waals surface area contributed by atoms with Gasteiger partial charge in [0, 0.05) is 5.48 Å². The minimum atomic E-state index is -2.58. The second-order valence-electron chi connectivity index (χ2n) is 2.03. The van der Waals surface area contributed by atoms with Gasteiger partial charge in [-0.25, -0.2) is 0 Å². The predicted octanol–water partition coefficient (Wildman–Crippen LogP) is 1.96. The fourth-order valence-corrected chi connectivity index (χ4v) is 1.15. The lowest BCUT2D eigenvalue weighted by Crippen LogP contribution is -2.02. The third kappa shape index (κ3) is 2.22. The van der Waals surface area contributed by atoms with Crippen molar-refractivity contribution in [3.05, 3.63) is 28.2 Å². The van der Waals surface area contributed by atoms with E-state index in [2.05, 4.69) is 15.9 Å². The van der Waals surface area contributed by atoms with Gasteiger partial charge in [0.05, 0.1) is 13.0 Å². The molecule has 0 aliphatic carbocycles. The average Bonchev–Trinajstić information content (AvgIpc) is 2.15. The zero-order valence-electron chi connectivity index (χ0n) is 11.5.